The molecule has 1 unspecified atom stereocenters. The highest BCUT2D eigenvalue weighted by Gasteiger charge is 2.20. The SMILES string of the molecule is CN=C(NCCOCC1CCCO1)N1CCN(c2ccccn2)CC1.I. The molecular formula is C18H30IN5O2. The lowest BCUT2D eigenvalue weighted by atomic mass is 10.2. The fourth-order valence-corrected chi connectivity index (χ4v) is 3.25. The summed E-state index contributed by atoms with van der Waals surface area (Å²) in [4.78, 5) is 13.4. The Hall–Kier alpha value is -1.13. The second-order valence-electron chi connectivity index (χ2n) is 6.35. The largest absolute Gasteiger partial charge is 0.377 e. The number of aromatic nitrogens is 1. The van der Waals surface area contributed by atoms with E-state index in [1.807, 2.05) is 25.4 Å². The second kappa shape index (κ2) is 11.6. The summed E-state index contributed by atoms with van der Waals surface area (Å²) in [6, 6.07) is 6.05. The van der Waals surface area contributed by atoms with Crippen LogP contribution >= 0.6 is 24.0 Å². The van der Waals surface area contributed by atoms with Crippen LogP contribution in [0.25, 0.3) is 0 Å². The number of piperazine rings is 1. The van der Waals surface area contributed by atoms with Gasteiger partial charge in [0.15, 0.2) is 5.96 Å². The van der Waals surface area contributed by atoms with Crippen LogP contribution in [0.3, 0.4) is 0 Å². The van der Waals surface area contributed by atoms with Crippen LogP contribution in [0.5, 0.6) is 0 Å². The maximum atomic E-state index is 5.70. The Morgan fingerprint density at radius 3 is 2.85 bits per heavy atom. The molecule has 2 aliphatic rings. The molecule has 26 heavy (non-hydrogen) atoms. The predicted octanol–water partition coefficient (Wildman–Crippen LogP) is 1.59. The van der Waals surface area contributed by atoms with Crippen molar-refractivity contribution >= 4 is 35.8 Å². The summed E-state index contributed by atoms with van der Waals surface area (Å²) in [7, 11) is 1.83. The molecule has 1 atom stereocenters. The molecule has 0 aromatic carbocycles. The van der Waals surface area contributed by atoms with Gasteiger partial charge in [-0.3, -0.25) is 4.99 Å². The molecule has 0 amide bonds. The van der Waals surface area contributed by atoms with Gasteiger partial charge in [-0.05, 0) is 25.0 Å². The molecule has 0 radical (unpaired) electrons. The lowest BCUT2D eigenvalue weighted by molar-refractivity contribution is 0.0190. The van der Waals surface area contributed by atoms with Crippen LogP contribution in [0.2, 0.25) is 0 Å². The molecular weight excluding hydrogens is 445 g/mol. The maximum Gasteiger partial charge on any atom is 0.193 e. The Morgan fingerprint density at radius 1 is 1.35 bits per heavy atom. The van der Waals surface area contributed by atoms with E-state index < -0.39 is 0 Å². The number of nitrogens with one attached hydrogen (secondary N) is 1. The van der Waals surface area contributed by atoms with Gasteiger partial charge in [0.2, 0.25) is 0 Å². The van der Waals surface area contributed by atoms with Crippen molar-refractivity contribution < 1.29 is 9.47 Å². The highest BCUT2D eigenvalue weighted by atomic mass is 127. The third kappa shape index (κ3) is 6.24. The van der Waals surface area contributed by atoms with E-state index in [2.05, 4.69) is 31.2 Å². The van der Waals surface area contributed by atoms with Gasteiger partial charge in [-0.2, -0.15) is 0 Å². The molecule has 0 bridgehead atoms. The van der Waals surface area contributed by atoms with Gasteiger partial charge in [0.25, 0.3) is 0 Å². The fraction of sp³-hybridized carbons (Fsp3) is 0.667. The number of nitrogens with zero attached hydrogens (tertiary/aromatic N) is 4. The average molecular weight is 475 g/mol. The van der Waals surface area contributed by atoms with Crippen molar-refractivity contribution in [2.75, 3.05) is 64.5 Å². The minimum atomic E-state index is 0. The zero-order valence-corrected chi connectivity index (χ0v) is 17.8. The number of hydrogen-bond donors (Lipinski definition) is 1. The Balaban J connectivity index is 0.00000243. The van der Waals surface area contributed by atoms with Gasteiger partial charge in [-0.1, -0.05) is 6.07 Å². The number of hydrogen-bond acceptors (Lipinski definition) is 5. The highest BCUT2D eigenvalue weighted by molar-refractivity contribution is 14.0. The lowest BCUT2D eigenvalue weighted by Crippen LogP contribution is -2.53. The van der Waals surface area contributed by atoms with Gasteiger partial charge in [-0.15, -0.1) is 24.0 Å². The monoisotopic (exact) mass is 475 g/mol. The van der Waals surface area contributed by atoms with Crippen molar-refractivity contribution in [2.24, 2.45) is 4.99 Å². The molecule has 1 N–H and O–H groups in total. The Labute approximate surface area is 173 Å². The van der Waals surface area contributed by atoms with Crippen molar-refractivity contribution in [2.45, 2.75) is 18.9 Å². The number of pyridine rings is 1. The molecule has 1 aromatic heterocycles. The van der Waals surface area contributed by atoms with Gasteiger partial charge in [0.1, 0.15) is 5.82 Å². The van der Waals surface area contributed by atoms with Crippen LogP contribution in [-0.2, 0) is 9.47 Å². The molecule has 0 aliphatic carbocycles. The first-order valence-electron chi connectivity index (χ1n) is 9.18. The third-order valence-corrected chi connectivity index (χ3v) is 4.62. The zero-order valence-electron chi connectivity index (χ0n) is 15.5. The summed E-state index contributed by atoms with van der Waals surface area (Å²) < 4.78 is 11.3. The molecule has 146 valence electrons. The van der Waals surface area contributed by atoms with Crippen LogP contribution in [-0.4, -0.2) is 81.5 Å². The summed E-state index contributed by atoms with van der Waals surface area (Å²) >= 11 is 0. The smallest absolute Gasteiger partial charge is 0.193 e. The highest BCUT2D eigenvalue weighted by Crippen LogP contribution is 2.13. The van der Waals surface area contributed by atoms with E-state index in [1.54, 1.807) is 0 Å². The molecule has 0 spiro atoms. The number of halogens is 1. The van der Waals surface area contributed by atoms with Crippen molar-refractivity contribution in [1.29, 1.82) is 0 Å². The molecule has 2 saturated heterocycles. The number of guanidine groups is 1. The maximum absolute atomic E-state index is 5.70. The van der Waals surface area contributed by atoms with E-state index in [0.717, 1.165) is 63.9 Å². The number of rotatable bonds is 6. The molecule has 3 heterocycles. The van der Waals surface area contributed by atoms with E-state index >= 15 is 0 Å². The summed E-state index contributed by atoms with van der Waals surface area (Å²) in [5, 5.41) is 3.40. The quantitative estimate of drug-likeness (QED) is 0.292. The molecule has 2 aliphatic heterocycles. The van der Waals surface area contributed by atoms with Crippen LogP contribution in [0.4, 0.5) is 5.82 Å². The normalized spacial score (nSPS) is 20.8. The second-order valence-corrected chi connectivity index (χ2v) is 6.35. The Bertz CT molecular complexity index is 532. The van der Waals surface area contributed by atoms with Crippen molar-refractivity contribution in [3.05, 3.63) is 24.4 Å². The van der Waals surface area contributed by atoms with E-state index in [9.17, 15) is 0 Å². The van der Waals surface area contributed by atoms with E-state index in [-0.39, 0.29) is 24.0 Å². The fourth-order valence-electron chi connectivity index (χ4n) is 3.25. The minimum Gasteiger partial charge on any atom is -0.377 e. The van der Waals surface area contributed by atoms with Crippen molar-refractivity contribution in [3.8, 4) is 0 Å². The summed E-state index contributed by atoms with van der Waals surface area (Å²) in [5.74, 6) is 1.99. The number of ether oxygens (including phenoxy) is 2. The first-order valence-corrected chi connectivity index (χ1v) is 9.18. The summed E-state index contributed by atoms with van der Waals surface area (Å²) in [6.07, 6.45) is 4.41. The third-order valence-electron chi connectivity index (χ3n) is 4.62. The van der Waals surface area contributed by atoms with Gasteiger partial charge < -0.3 is 24.6 Å². The van der Waals surface area contributed by atoms with Gasteiger partial charge in [0.05, 0.1) is 19.3 Å². The molecule has 8 heteroatoms. The van der Waals surface area contributed by atoms with Gasteiger partial charge >= 0.3 is 0 Å². The van der Waals surface area contributed by atoms with E-state index in [4.69, 9.17) is 9.47 Å². The number of anilines is 1. The van der Waals surface area contributed by atoms with E-state index in [0.29, 0.717) is 19.3 Å². The number of aliphatic imine (C=N–C) groups is 1. The van der Waals surface area contributed by atoms with Crippen LogP contribution in [0.1, 0.15) is 12.8 Å². The zero-order chi connectivity index (χ0) is 17.3. The van der Waals surface area contributed by atoms with Crippen LogP contribution in [0, 0.1) is 0 Å². The molecule has 2 fully saturated rings. The first-order chi connectivity index (χ1) is 12.4. The van der Waals surface area contributed by atoms with Crippen LogP contribution in [0.15, 0.2) is 29.4 Å². The summed E-state index contributed by atoms with van der Waals surface area (Å²) in [5.41, 5.74) is 0. The van der Waals surface area contributed by atoms with Crippen molar-refractivity contribution in [1.82, 2.24) is 15.2 Å². The molecule has 7 nitrogen and oxygen atoms in total. The molecule has 3 rings (SSSR count). The molecule has 0 saturated carbocycles. The van der Waals surface area contributed by atoms with Crippen LogP contribution < -0.4 is 10.2 Å². The molecule has 1 aromatic rings. The first kappa shape index (κ1) is 21.2. The minimum absolute atomic E-state index is 0. The lowest BCUT2D eigenvalue weighted by Gasteiger charge is -2.37. The van der Waals surface area contributed by atoms with E-state index in [1.165, 1.54) is 0 Å². The Morgan fingerprint density at radius 2 is 2.19 bits per heavy atom. The average Bonchev–Trinajstić information content (AvgIpc) is 3.19. The topological polar surface area (TPSA) is 62.2 Å². The van der Waals surface area contributed by atoms with Gasteiger partial charge in [-0.25, -0.2) is 4.98 Å². The predicted molar refractivity (Wildman–Crippen MR) is 115 cm³/mol. The Kier molecular flexibility index (Phi) is 9.41. The van der Waals surface area contributed by atoms with Gasteiger partial charge in [0, 0.05) is 52.6 Å². The standard InChI is InChI=1S/C18H29N5O2.HI/c1-19-18(21-8-14-24-15-16-5-4-13-25-16)23-11-9-22(10-12-23)17-6-2-3-7-20-17;/h2-3,6-7,16H,4-5,8-15H2,1H3,(H,19,21);1H. The summed E-state index contributed by atoms with van der Waals surface area (Å²) in [6.45, 7) is 6.79. The van der Waals surface area contributed by atoms with Crippen molar-refractivity contribution in [3.63, 3.8) is 0 Å².